The Labute approximate surface area is 110 Å². The molecule has 0 saturated carbocycles. The van der Waals surface area contributed by atoms with Crippen LogP contribution in [0.1, 0.15) is 12.8 Å². The zero-order valence-corrected chi connectivity index (χ0v) is 10.9. The van der Waals surface area contributed by atoms with Crippen LogP contribution in [0.25, 0.3) is 0 Å². The zero-order valence-electron chi connectivity index (χ0n) is 10.1. The Hall–Kier alpha value is -1.23. The van der Waals surface area contributed by atoms with Crippen molar-refractivity contribution in [3.05, 3.63) is 30.1 Å². The van der Waals surface area contributed by atoms with E-state index in [1.165, 1.54) is 24.3 Å². The molecule has 3 nitrogen and oxygen atoms in total. The van der Waals surface area contributed by atoms with Crippen LogP contribution in [-0.2, 0) is 0 Å². The summed E-state index contributed by atoms with van der Waals surface area (Å²) in [4.78, 5) is 6.50. The summed E-state index contributed by atoms with van der Waals surface area (Å²) in [6.07, 6.45) is 2.28. The highest BCUT2D eigenvalue weighted by atomic mass is 32.2. The molecule has 1 aromatic rings. The number of rotatable bonds is 1. The van der Waals surface area contributed by atoms with Gasteiger partial charge in [0.05, 0.1) is 12.1 Å². The van der Waals surface area contributed by atoms with E-state index in [0.717, 1.165) is 24.4 Å². The van der Waals surface area contributed by atoms with Crippen LogP contribution >= 0.6 is 11.8 Å². The van der Waals surface area contributed by atoms with Crippen LogP contribution in [0.15, 0.2) is 29.3 Å². The molecular formula is C13H16FN3S. The Bertz CT molecular complexity index is 466. The molecule has 1 atom stereocenters. The Kier molecular flexibility index (Phi) is 2.93. The SMILES string of the molecule is NC1=NCC2(CCCSC2)N1c1ccc(F)cc1. The standard InChI is InChI=1S/C13H16FN3S/c14-10-2-4-11(5-3-10)17-12(15)16-8-13(17)6-1-7-18-9-13/h2-5H,1,6-9H2,(H2,15,16). The van der Waals surface area contributed by atoms with Gasteiger partial charge in [0.1, 0.15) is 5.82 Å². The number of nitrogens with zero attached hydrogens (tertiary/aromatic N) is 2. The van der Waals surface area contributed by atoms with E-state index >= 15 is 0 Å². The van der Waals surface area contributed by atoms with Crippen LogP contribution < -0.4 is 10.6 Å². The second-order valence-electron chi connectivity index (χ2n) is 4.87. The molecule has 18 heavy (non-hydrogen) atoms. The highest BCUT2D eigenvalue weighted by molar-refractivity contribution is 7.99. The van der Waals surface area contributed by atoms with Crippen molar-refractivity contribution in [1.82, 2.24) is 0 Å². The molecule has 2 N–H and O–H groups in total. The van der Waals surface area contributed by atoms with Gasteiger partial charge in [-0.2, -0.15) is 11.8 Å². The van der Waals surface area contributed by atoms with Crippen molar-refractivity contribution in [1.29, 1.82) is 0 Å². The van der Waals surface area contributed by atoms with E-state index in [1.807, 2.05) is 11.8 Å². The molecule has 0 amide bonds. The fraction of sp³-hybridized carbons (Fsp3) is 0.462. The van der Waals surface area contributed by atoms with E-state index < -0.39 is 0 Å². The van der Waals surface area contributed by atoms with Crippen molar-refractivity contribution in [2.24, 2.45) is 10.7 Å². The fourth-order valence-corrected chi connectivity index (χ4v) is 3.99. The van der Waals surface area contributed by atoms with Crippen LogP contribution in [0.3, 0.4) is 0 Å². The quantitative estimate of drug-likeness (QED) is 0.846. The lowest BCUT2D eigenvalue weighted by atomic mass is 9.94. The normalized spacial score (nSPS) is 27.6. The molecule has 0 radical (unpaired) electrons. The number of hydrogen-bond donors (Lipinski definition) is 1. The number of halogens is 1. The molecule has 1 aromatic carbocycles. The van der Waals surface area contributed by atoms with Crippen LogP contribution in [0.2, 0.25) is 0 Å². The van der Waals surface area contributed by atoms with E-state index in [0.29, 0.717) is 5.96 Å². The lowest BCUT2D eigenvalue weighted by Gasteiger charge is -2.41. The average Bonchev–Trinajstić information content (AvgIpc) is 2.69. The van der Waals surface area contributed by atoms with Gasteiger partial charge in [0.15, 0.2) is 5.96 Å². The summed E-state index contributed by atoms with van der Waals surface area (Å²) in [5.74, 6) is 2.58. The predicted octanol–water partition coefficient (Wildman–Crippen LogP) is 2.23. The van der Waals surface area contributed by atoms with Crippen molar-refractivity contribution < 1.29 is 4.39 Å². The number of hydrogen-bond acceptors (Lipinski definition) is 4. The molecule has 2 heterocycles. The minimum Gasteiger partial charge on any atom is -0.369 e. The minimum atomic E-state index is -0.222. The minimum absolute atomic E-state index is 0.00479. The topological polar surface area (TPSA) is 41.6 Å². The Morgan fingerprint density at radius 1 is 1.33 bits per heavy atom. The number of benzene rings is 1. The van der Waals surface area contributed by atoms with Crippen LogP contribution in [0.4, 0.5) is 10.1 Å². The van der Waals surface area contributed by atoms with Crippen LogP contribution in [0.5, 0.6) is 0 Å². The zero-order chi connectivity index (χ0) is 12.6. The van der Waals surface area contributed by atoms with Crippen molar-refractivity contribution in [2.75, 3.05) is 23.0 Å². The Balaban J connectivity index is 1.96. The van der Waals surface area contributed by atoms with Gasteiger partial charge in [0, 0.05) is 11.4 Å². The molecule has 1 fully saturated rings. The monoisotopic (exact) mass is 265 g/mol. The first-order valence-corrected chi connectivity index (χ1v) is 7.30. The summed E-state index contributed by atoms with van der Waals surface area (Å²) in [5.41, 5.74) is 6.97. The summed E-state index contributed by atoms with van der Waals surface area (Å²) >= 11 is 1.95. The maximum atomic E-state index is 13.0. The average molecular weight is 265 g/mol. The first-order chi connectivity index (χ1) is 8.71. The molecule has 3 rings (SSSR count). The molecular weight excluding hydrogens is 249 g/mol. The molecule has 96 valence electrons. The van der Waals surface area contributed by atoms with Gasteiger partial charge in [-0.25, -0.2) is 4.39 Å². The van der Waals surface area contributed by atoms with Crippen molar-refractivity contribution in [2.45, 2.75) is 18.4 Å². The highest BCUT2D eigenvalue weighted by Crippen LogP contribution is 2.38. The van der Waals surface area contributed by atoms with E-state index in [1.54, 1.807) is 12.1 Å². The van der Waals surface area contributed by atoms with Crippen molar-refractivity contribution >= 4 is 23.4 Å². The van der Waals surface area contributed by atoms with Gasteiger partial charge in [0.2, 0.25) is 0 Å². The van der Waals surface area contributed by atoms with E-state index in [4.69, 9.17) is 5.73 Å². The summed E-state index contributed by atoms with van der Waals surface area (Å²) in [6.45, 7) is 0.753. The highest BCUT2D eigenvalue weighted by Gasteiger charge is 2.44. The number of nitrogens with two attached hydrogens (primary N) is 1. The third-order valence-corrected chi connectivity index (χ3v) is 4.94. The number of thioether (sulfide) groups is 1. The van der Waals surface area contributed by atoms with Gasteiger partial charge >= 0.3 is 0 Å². The van der Waals surface area contributed by atoms with E-state index in [9.17, 15) is 4.39 Å². The second kappa shape index (κ2) is 4.46. The van der Waals surface area contributed by atoms with Crippen molar-refractivity contribution in [3.8, 4) is 0 Å². The molecule has 1 spiro atoms. The smallest absolute Gasteiger partial charge is 0.196 e. The largest absolute Gasteiger partial charge is 0.369 e. The molecule has 1 saturated heterocycles. The van der Waals surface area contributed by atoms with Gasteiger partial charge in [-0.3, -0.25) is 4.99 Å². The van der Waals surface area contributed by atoms with Gasteiger partial charge in [-0.1, -0.05) is 0 Å². The predicted molar refractivity (Wildman–Crippen MR) is 74.7 cm³/mol. The van der Waals surface area contributed by atoms with Crippen LogP contribution in [0, 0.1) is 5.82 Å². The molecule has 2 aliphatic rings. The summed E-state index contributed by atoms with van der Waals surface area (Å²) < 4.78 is 13.0. The molecule has 0 bridgehead atoms. The number of guanidine groups is 1. The maximum Gasteiger partial charge on any atom is 0.196 e. The Morgan fingerprint density at radius 3 is 2.78 bits per heavy atom. The van der Waals surface area contributed by atoms with Crippen LogP contribution in [-0.4, -0.2) is 29.5 Å². The van der Waals surface area contributed by atoms with E-state index in [2.05, 4.69) is 9.89 Å². The third-order valence-electron chi connectivity index (χ3n) is 3.63. The number of aliphatic imine (C=N–C) groups is 1. The number of anilines is 1. The molecule has 5 heteroatoms. The fourth-order valence-electron chi connectivity index (χ4n) is 2.75. The van der Waals surface area contributed by atoms with Gasteiger partial charge in [0.25, 0.3) is 0 Å². The van der Waals surface area contributed by atoms with Gasteiger partial charge in [-0.05, 0) is 42.9 Å². The second-order valence-corrected chi connectivity index (χ2v) is 5.97. The molecule has 0 aromatic heterocycles. The first-order valence-electron chi connectivity index (χ1n) is 6.15. The molecule has 1 unspecified atom stereocenters. The first kappa shape index (κ1) is 11.8. The van der Waals surface area contributed by atoms with Gasteiger partial charge < -0.3 is 10.6 Å². The van der Waals surface area contributed by atoms with Crippen molar-refractivity contribution in [3.63, 3.8) is 0 Å². The van der Waals surface area contributed by atoms with Gasteiger partial charge in [-0.15, -0.1) is 0 Å². The lowest BCUT2D eigenvalue weighted by molar-refractivity contribution is 0.457. The molecule has 0 aliphatic carbocycles. The maximum absolute atomic E-state index is 13.0. The summed E-state index contributed by atoms with van der Waals surface area (Å²) in [6, 6.07) is 6.52. The third kappa shape index (κ3) is 1.86. The van der Waals surface area contributed by atoms with E-state index in [-0.39, 0.29) is 11.4 Å². The molecule has 2 aliphatic heterocycles. The summed E-state index contributed by atoms with van der Waals surface area (Å²) in [7, 11) is 0. The summed E-state index contributed by atoms with van der Waals surface area (Å²) in [5, 5.41) is 0. The lowest BCUT2D eigenvalue weighted by Crippen LogP contribution is -2.55. The Morgan fingerprint density at radius 2 is 2.11 bits per heavy atom.